The molecule has 0 atom stereocenters. The highest BCUT2D eigenvalue weighted by Gasteiger charge is 2.29. The zero-order valence-corrected chi connectivity index (χ0v) is 18.8. The summed E-state index contributed by atoms with van der Waals surface area (Å²) in [6, 6.07) is 10.4. The first kappa shape index (κ1) is 22.0. The normalized spacial score (nSPS) is 14.9. The molecule has 2 amide bonds. The highest BCUT2D eigenvalue weighted by Crippen LogP contribution is 2.34. The van der Waals surface area contributed by atoms with E-state index >= 15 is 0 Å². The predicted octanol–water partition coefficient (Wildman–Crippen LogP) is 3.36. The lowest BCUT2D eigenvalue weighted by Crippen LogP contribution is -2.38. The number of aromatic nitrogens is 1. The van der Waals surface area contributed by atoms with Gasteiger partial charge in [0.25, 0.3) is 11.8 Å². The van der Waals surface area contributed by atoms with Crippen LogP contribution in [0.15, 0.2) is 47.8 Å². The smallest absolute Gasteiger partial charge is 0.270 e. The van der Waals surface area contributed by atoms with E-state index in [1.54, 1.807) is 23.6 Å². The van der Waals surface area contributed by atoms with Gasteiger partial charge >= 0.3 is 0 Å². The molecule has 5 rings (SSSR count). The van der Waals surface area contributed by atoms with Crippen molar-refractivity contribution in [2.24, 2.45) is 0 Å². The molecule has 34 heavy (non-hydrogen) atoms. The number of carbonyl (C=O) groups is 3. The van der Waals surface area contributed by atoms with Crippen LogP contribution in [0.4, 0.5) is 10.1 Å². The minimum atomic E-state index is -0.394. The Morgan fingerprint density at radius 3 is 2.76 bits per heavy atom. The first-order chi connectivity index (χ1) is 16.5. The van der Waals surface area contributed by atoms with Gasteiger partial charge in [-0.15, -0.1) is 11.3 Å². The van der Waals surface area contributed by atoms with Crippen molar-refractivity contribution < 1.29 is 28.2 Å². The number of ether oxygens (including phenoxy) is 2. The molecule has 3 aromatic rings. The summed E-state index contributed by atoms with van der Waals surface area (Å²) in [5.41, 5.74) is 1.12. The van der Waals surface area contributed by atoms with E-state index in [0.29, 0.717) is 33.5 Å². The van der Waals surface area contributed by atoms with Gasteiger partial charge in [0.05, 0.1) is 12.2 Å². The number of thiazole rings is 1. The lowest BCUT2D eigenvalue weighted by molar-refractivity contribution is -0.121. The highest BCUT2D eigenvalue weighted by atomic mass is 32.1. The zero-order valence-electron chi connectivity index (χ0n) is 18.0. The van der Waals surface area contributed by atoms with Crippen LogP contribution in [-0.2, 0) is 11.3 Å². The number of anilines is 1. The summed E-state index contributed by atoms with van der Waals surface area (Å²) in [7, 11) is 0. The maximum atomic E-state index is 13.0. The van der Waals surface area contributed by atoms with Crippen LogP contribution in [0.25, 0.3) is 0 Å². The Hall–Kier alpha value is -3.79. The minimum absolute atomic E-state index is 0.131. The van der Waals surface area contributed by atoms with Crippen molar-refractivity contribution >= 4 is 34.6 Å². The van der Waals surface area contributed by atoms with Gasteiger partial charge in [-0.25, -0.2) is 9.37 Å². The van der Waals surface area contributed by atoms with Crippen molar-refractivity contribution in [2.45, 2.75) is 25.4 Å². The van der Waals surface area contributed by atoms with Gasteiger partial charge in [-0.1, -0.05) is 0 Å². The fourth-order valence-electron chi connectivity index (χ4n) is 3.42. The summed E-state index contributed by atoms with van der Waals surface area (Å²) in [5.74, 6) is -0.351. The standard InChI is InChI=1S/C24H20FN3O5S/c25-15-2-6-17(7-3-15)32-11-20(29)14-1-8-21-19(9-14)28(23(30)12-33-21)10-22-27-18(13-34-22)24(31)26-16-4-5-16/h1-3,6-9,13,16H,4-5,10-12H2,(H,26,31). The number of halogens is 1. The maximum absolute atomic E-state index is 13.0. The van der Waals surface area contributed by atoms with Crippen molar-refractivity contribution in [1.82, 2.24) is 10.3 Å². The van der Waals surface area contributed by atoms with E-state index in [-0.39, 0.29) is 43.4 Å². The van der Waals surface area contributed by atoms with Gasteiger partial charge in [0.2, 0.25) is 0 Å². The van der Waals surface area contributed by atoms with E-state index in [0.717, 1.165) is 12.8 Å². The molecule has 1 aliphatic heterocycles. The van der Waals surface area contributed by atoms with Crippen molar-refractivity contribution in [3.8, 4) is 11.5 Å². The third kappa shape index (κ3) is 4.91. The van der Waals surface area contributed by atoms with Crippen LogP contribution in [0.5, 0.6) is 11.5 Å². The van der Waals surface area contributed by atoms with Crippen molar-refractivity contribution in [1.29, 1.82) is 0 Å². The van der Waals surface area contributed by atoms with Crippen LogP contribution in [0.3, 0.4) is 0 Å². The van der Waals surface area contributed by atoms with E-state index in [4.69, 9.17) is 9.47 Å². The number of nitrogens with zero attached hydrogens (tertiary/aromatic N) is 2. The molecule has 0 saturated heterocycles. The van der Waals surface area contributed by atoms with Crippen molar-refractivity contribution in [3.05, 3.63) is 69.9 Å². The van der Waals surface area contributed by atoms with Crippen LogP contribution in [0.2, 0.25) is 0 Å². The fraction of sp³-hybridized carbons (Fsp3) is 0.250. The quantitative estimate of drug-likeness (QED) is 0.496. The third-order valence-electron chi connectivity index (χ3n) is 5.40. The molecular formula is C24H20FN3O5S. The van der Waals surface area contributed by atoms with Crippen molar-refractivity contribution in [3.63, 3.8) is 0 Å². The van der Waals surface area contributed by atoms with Gasteiger partial charge in [0, 0.05) is 17.0 Å². The molecule has 1 saturated carbocycles. The lowest BCUT2D eigenvalue weighted by atomic mass is 10.1. The van der Waals surface area contributed by atoms with Gasteiger partial charge in [0.1, 0.15) is 28.0 Å². The van der Waals surface area contributed by atoms with E-state index < -0.39 is 5.82 Å². The molecule has 2 heterocycles. The topological polar surface area (TPSA) is 97.8 Å². The first-order valence-corrected chi connectivity index (χ1v) is 11.6. The average Bonchev–Trinajstić information content (AvgIpc) is 3.53. The number of Topliss-reactive ketones (excluding diaryl/α,β-unsaturated/α-hetero) is 1. The number of benzene rings is 2. The first-order valence-electron chi connectivity index (χ1n) is 10.7. The Morgan fingerprint density at radius 1 is 1.21 bits per heavy atom. The minimum Gasteiger partial charge on any atom is -0.485 e. The summed E-state index contributed by atoms with van der Waals surface area (Å²) in [5, 5.41) is 5.16. The highest BCUT2D eigenvalue weighted by molar-refractivity contribution is 7.09. The number of nitrogens with one attached hydrogen (secondary N) is 1. The predicted molar refractivity (Wildman–Crippen MR) is 122 cm³/mol. The Bertz CT molecular complexity index is 1260. The summed E-state index contributed by atoms with van der Waals surface area (Å²) in [6.07, 6.45) is 1.97. The summed E-state index contributed by atoms with van der Waals surface area (Å²) < 4.78 is 24.0. The Balaban J connectivity index is 1.30. The largest absolute Gasteiger partial charge is 0.485 e. The SMILES string of the molecule is O=C(COc1ccc(F)cc1)c1ccc2c(c1)N(Cc1nc(C(=O)NC3CC3)cs1)C(=O)CO2. The van der Waals surface area contributed by atoms with Crippen LogP contribution < -0.4 is 19.7 Å². The van der Waals surface area contributed by atoms with E-state index in [1.165, 1.54) is 40.5 Å². The van der Waals surface area contributed by atoms with E-state index in [2.05, 4.69) is 10.3 Å². The molecule has 1 aromatic heterocycles. The second-order valence-corrected chi connectivity index (χ2v) is 8.93. The number of ketones is 1. The molecular weight excluding hydrogens is 461 g/mol. The number of hydrogen-bond acceptors (Lipinski definition) is 7. The van der Waals surface area contributed by atoms with Gasteiger partial charge < -0.3 is 14.8 Å². The Kier molecular flexibility index (Phi) is 5.97. The molecule has 0 spiro atoms. The molecule has 8 nitrogen and oxygen atoms in total. The number of hydrogen-bond donors (Lipinski definition) is 1. The lowest BCUT2D eigenvalue weighted by Gasteiger charge is -2.29. The summed E-state index contributed by atoms with van der Waals surface area (Å²) >= 11 is 1.29. The molecule has 1 fully saturated rings. The van der Waals surface area contributed by atoms with Crippen LogP contribution in [0, 0.1) is 5.82 Å². The van der Waals surface area contributed by atoms with E-state index in [1.807, 2.05) is 0 Å². The Labute approximate surface area is 198 Å². The zero-order chi connectivity index (χ0) is 23.7. The third-order valence-corrected chi connectivity index (χ3v) is 6.23. The fourth-order valence-corrected chi connectivity index (χ4v) is 4.18. The summed E-state index contributed by atoms with van der Waals surface area (Å²) in [6.45, 7) is -0.222. The summed E-state index contributed by atoms with van der Waals surface area (Å²) in [4.78, 5) is 43.4. The maximum Gasteiger partial charge on any atom is 0.270 e. The van der Waals surface area contributed by atoms with Crippen LogP contribution >= 0.6 is 11.3 Å². The monoisotopic (exact) mass is 481 g/mol. The number of amides is 2. The number of carbonyl (C=O) groups excluding carboxylic acids is 3. The second kappa shape index (κ2) is 9.22. The van der Waals surface area contributed by atoms with Gasteiger partial charge in [-0.3, -0.25) is 19.3 Å². The molecule has 2 aliphatic rings. The molecule has 1 aliphatic carbocycles. The van der Waals surface area contributed by atoms with Crippen molar-refractivity contribution in [2.75, 3.05) is 18.1 Å². The van der Waals surface area contributed by atoms with Gasteiger partial charge in [-0.2, -0.15) is 0 Å². The van der Waals surface area contributed by atoms with Gasteiger partial charge in [-0.05, 0) is 55.3 Å². The molecule has 1 N–H and O–H groups in total. The second-order valence-electron chi connectivity index (χ2n) is 7.99. The molecule has 0 bridgehead atoms. The number of rotatable bonds is 8. The molecule has 10 heteroatoms. The van der Waals surface area contributed by atoms with Crippen LogP contribution in [-0.4, -0.2) is 41.8 Å². The molecule has 174 valence electrons. The molecule has 0 unspecified atom stereocenters. The van der Waals surface area contributed by atoms with Crippen LogP contribution in [0.1, 0.15) is 38.7 Å². The average molecular weight is 482 g/mol. The van der Waals surface area contributed by atoms with E-state index in [9.17, 15) is 18.8 Å². The van der Waals surface area contributed by atoms with Gasteiger partial charge in [0.15, 0.2) is 19.0 Å². The number of fused-ring (bicyclic) bond motifs is 1. The molecule has 0 radical (unpaired) electrons. The molecule has 2 aromatic carbocycles. The Morgan fingerprint density at radius 2 is 2.00 bits per heavy atom.